The second-order valence-corrected chi connectivity index (χ2v) is 21.7. The summed E-state index contributed by atoms with van der Waals surface area (Å²) < 4.78 is 8.59. The van der Waals surface area contributed by atoms with E-state index in [1.807, 2.05) is 0 Å². The van der Waals surface area contributed by atoms with Gasteiger partial charge in [0.25, 0.3) is 0 Å². The fraction of sp³-hybridized carbons (Fsp3) is 0.667. The molecule has 0 aliphatic carbocycles. The molecule has 0 aromatic carbocycles. The van der Waals surface area contributed by atoms with E-state index in [1.54, 1.807) is 0 Å². The number of hydrogen-bond donors (Lipinski definition) is 0. The molecule has 0 bridgehead atoms. The van der Waals surface area contributed by atoms with Crippen molar-refractivity contribution < 1.29 is 18.9 Å². The first-order chi connectivity index (χ1) is 3.06. The molecule has 0 fully saturated rings. The van der Waals surface area contributed by atoms with Crippen LogP contribution in [0, 0.1) is 0 Å². The van der Waals surface area contributed by atoms with Crippen LogP contribution in [0.5, 0.6) is 0 Å². The molecule has 0 aliphatic heterocycles. The van der Waals surface area contributed by atoms with Crippen LogP contribution in [0.1, 0.15) is 0 Å². The summed E-state index contributed by atoms with van der Waals surface area (Å²) in [5, 5.41) is 0. The minimum absolute atomic E-state index is 0. The molecular weight excluding hydrogens is 194 g/mol. The first-order valence-electron chi connectivity index (χ1n) is 2.96. The van der Waals surface area contributed by atoms with Gasteiger partial charge >= 0.3 is 69.7 Å². The predicted molar refractivity (Wildman–Crippen MR) is 38.4 cm³/mol. The van der Waals surface area contributed by atoms with Crippen LogP contribution >= 0.6 is 0 Å². The molecule has 0 saturated heterocycles. The molecular formula is C6H14InLi. The van der Waals surface area contributed by atoms with Crippen molar-refractivity contribution in [1.29, 1.82) is 0 Å². The van der Waals surface area contributed by atoms with E-state index in [4.69, 9.17) is 0 Å². The third-order valence-corrected chi connectivity index (χ3v) is 5.86. The molecule has 42 valence electrons. The van der Waals surface area contributed by atoms with Crippen LogP contribution in [0.3, 0.4) is 0 Å². The maximum Gasteiger partial charge on any atom is 1.00 e. The Morgan fingerprint density at radius 3 is 1.75 bits per heavy atom. The first-order valence-corrected chi connectivity index (χ1v) is 15.2. The van der Waals surface area contributed by atoms with Gasteiger partial charge in [0, 0.05) is 0 Å². The van der Waals surface area contributed by atoms with Crippen molar-refractivity contribution in [1.82, 2.24) is 0 Å². The zero-order valence-electron chi connectivity index (χ0n) is 6.57. The second-order valence-electron chi connectivity index (χ2n) is 3.48. The molecule has 0 aromatic rings. The van der Waals surface area contributed by atoms with Gasteiger partial charge in [0.05, 0.1) is 0 Å². The Morgan fingerprint density at radius 1 is 1.38 bits per heavy atom. The smallest absolute Gasteiger partial charge is 1.00 e. The molecule has 0 amide bonds. The molecule has 0 rings (SSSR count). The Kier molecular flexibility index (Phi) is 7.51. The molecule has 2 heteroatoms. The topological polar surface area (TPSA) is 0 Å². The van der Waals surface area contributed by atoms with Crippen molar-refractivity contribution in [3.8, 4) is 0 Å². The molecule has 8 heavy (non-hydrogen) atoms. The third-order valence-electron chi connectivity index (χ3n) is 0.874. The molecule has 0 atom stereocenters. The summed E-state index contributed by atoms with van der Waals surface area (Å²) >= 11 is -1.48. The molecule has 0 N–H and O–H groups in total. The van der Waals surface area contributed by atoms with Crippen molar-refractivity contribution >= 4 is 20.0 Å². The van der Waals surface area contributed by atoms with E-state index in [-0.39, 0.29) is 18.9 Å². The Bertz CT molecular complexity index is 63.4. The van der Waals surface area contributed by atoms with E-state index in [1.165, 1.54) is 4.18 Å². The Hall–Kier alpha value is 1.21. The van der Waals surface area contributed by atoms with Crippen LogP contribution < -0.4 is 18.9 Å². The number of hydrogen-bond acceptors (Lipinski definition) is 0. The molecule has 0 unspecified atom stereocenters. The van der Waals surface area contributed by atoms with Crippen molar-refractivity contribution in [3.05, 3.63) is 12.7 Å². The van der Waals surface area contributed by atoms with Crippen molar-refractivity contribution in [3.63, 3.8) is 0 Å². The van der Waals surface area contributed by atoms with Gasteiger partial charge < -0.3 is 0 Å². The second kappa shape index (κ2) is 5.03. The van der Waals surface area contributed by atoms with Crippen LogP contribution in [0.2, 0.25) is 18.2 Å². The molecule has 0 nitrogen and oxygen atoms in total. The van der Waals surface area contributed by atoms with Crippen LogP contribution in [-0.2, 0) is 0 Å². The van der Waals surface area contributed by atoms with Crippen LogP contribution in [0.25, 0.3) is 0 Å². The fourth-order valence-electron chi connectivity index (χ4n) is 0.500. The Morgan fingerprint density at radius 2 is 1.75 bits per heavy atom. The van der Waals surface area contributed by atoms with Gasteiger partial charge in [-0.1, -0.05) is 0 Å². The standard InChI is InChI=1S/C3H5.3CH3.In.Li/c1-3-2;;;;;/h3H,1-2H2;3*1H3;;/q;;;;-1;+1. The van der Waals surface area contributed by atoms with Crippen molar-refractivity contribution in [2.75, 3.05) is 0 Å². The van der Waals surface area contributed by atoms with E-state index < -0.39 is 20.0 Å². The molecule has 0 heterocycles. The quantitative estimate of drug-likeness (QED) is 0.424. The van der Waals surface area contributed by atoms with Gasteiger partial charge in [0.2, 0.25) is 0 Å². The maximum absolute atomic E-state index is 3.70. The summed E-state index contributed by atoms with van der Waals surface area (Å²) in [5.74, 6) is 0. The average molecular weight is 208 g/mol. The monoisotopic (exact) mass is 208 g/mol. The van der Waals surface area contributed by atoms with Gasteiger partial charge in [-0.2, -0.15) is 0 Å². The van der Waals surface area contributed by atoms with Gasteiger partial charge in [-0.05, 0) is 0 Å². The summed E-state index contributed by atoms with van der Waals surface area (Å²) in [6, 6.07) is 0. The molecule has 0 radical (unpaired) electrons. The zero-order chi connectivity index (χ0) is 5.91. The Labute approximate surface area is 69.2 Å². The molecule has 0 aromatic heterocycles. The number of rotatable bonds is 2. The van der Waals surface area contributed by atoms with Gasteiger partial charge in [-0.15, -0.1) is 0 Å². The van der Waals surface area contributed by atoms with E-state index in [2.05, 4.69) is 26.7 Å². The van der Waals surface area contributed by atoms with E-state index in [9.17, 15) is 0 Å². The van der Waals surface area contributed by atoms with Crippen LogP contribution in [0.4, 0.5) is 0 Å². The van der Waals surface area contributed by atoms with Crippen molar-refractivity contribution in [2.45, 2.75) is 18.2 Å². The van der Waals surface area contributed by atoms with Crippen molar-refractivity contribution in [2.24, 2.45) is 0 Å². The van der Waals surface area contributed by atoms with Crippen LogP contribution in [0.15, 0.2) is 12.7 Å². The largest absolute Gasteiger partial charge is 1.00 e. The fourth-order valence-corrected chi connectivity index (χ4v) is 3.35. The predicted octanol–water partition coefficient (Wildman–Crippen LogP) is -0.485. The van der Waals surface area contributed by atoms with E-state index in [0.717, 1.165) is 0 Å². The minimum Gasteiger partial charge on any atom is 1.00 e. The summed E-state index contributed by atoms with van der Waals surface area (Å²) in [7, 11) is 0. The van der Waals surface area contributed by atoms with Crippen LogP contribution in [-0.4, -0.2) is 20.0 Å². The summed E-state index contributed by atoms with van der Waals surface area (Å²) in [6.07, 6.45) is 2.06. The normalized spacial score (nSPS) is 9.88. The Balaban J connectivity index is 0. The third kappa shape index (κ3) is 10.2. The average Bonchev–Trinajstić information content (AvgIpc) is 1.30. The zero-order valence-corrected chi connectivity index (χ0v) is 9.86. The molecule has 0 saturated carbocycles. The summed E-state index contributed by atoms with van der Waals surface area (Å²) in [4.78, 5) is 0. The van der Waals surface area contributed by atoms with Gasteiger partial charge in [0.15, 0.2) is 0 Å². The number of allylic oxidation sites excluding steroid dienone is 1. The molecule has 0 aliphatic rings. The summed E-state index contributed by atoms with van der Waals surface area (Å²) in [5.41, 5.74) is 0. The van der Waals surface area contributed by atoms with Gasteiger partial charge in [-0.25, -0.2) is 0 Å². The molecule has 0 spiro atoms. The van der Waals surface area contributed by atoms with E-state index >= 15 is 0 Å². The SMILES string of the molecule is C=C[CH2][In-]([CH3])([CH3])[CH3].[Li+]. The summed E-state index contributed by atoms with van der Waals surface area (Å²) in [6.45, 7) is 3.70. The maximum atomic E-state index is 3.70. The first kappa shape index (κ1) is 11.9. The van der Waals surface area contributed by atoms with Gasteiger partial charge in [-0.3, -0.25) is 0 Å². The van der Waals surface area contributed by atoms with Gasteiger partial charge in [0.1, 0.15) is 0 Å². The van der Waals surface area contributed by atoms with E-state index in [0.29, 0.717) is 0 Å². The minimum atomic E-state index is -1.48.